The molecule has 2 aromatic heterocycles. The van der Waals surface area contributed by atoms with Crippen LogP contribution in [0.5, 0.6) is 17.4 Å². The summed E-state index contributed by atoms with van der Waals surface area (Å²) in [6.45, 7) is 2.14. The van der Waals surface area contributed by atoms with E-state index in [2.05, 4.69) is 71.4 Å². The van der Waals surface area contributed by atoms with Crippen molar-refractivity contribution in [1.29, 1.82) is 0 Å². The van der Waals surface area contributed by atoms with Gasteiger partial charge in [0.1, 0.15) is 17.3 Å². The maximum Gasteiger partial charge on any atom is 0.337 e. The monoisotopic (exact) mass is 861 g/mol. The Bertz CT molecular complexity index is 2200. The average Bonchev–Trinajstić information content (AvgIpc) is 3.56. The zero-order valence-electron chi connectivity index (χ0n) is 27.8. The molecule has 0 aliphatic rings. The molecule has 6 rings (SSSR count). The van der Waals surface area contributed by atoms with Crippen molar-refractivity contribution in [1.82, 2.24) is 19.7 Å². The summed E-state index contributed by atoms with van der Waals surface area (Å²) < 4.78 is 19.0. The number of benzene rings is 4. The molecule has 14 heteroatoms. The summed E-state index contributed by atoms with van der Waals surface area (Å²) in [4.78, 5) is 34.4. The Kier molecular flexibility index (Phi) is 11.3. The molecule has 0 radical (unpaired) electrons. The van der Waals surface area contributed by atoms with Crippen molar-refractivity contribution in [2.75, 3.05) is 30.2 Å². The van der Waals surface area contributed by atoms with Crippen molar-refractivity contribution < 1.29 is 23.8 Å². The number of ether oxygens (including phenoxy) is 3. The third-order valence-corrected chi connectivity index (χ3v) is 9.42. The summed E-state index contributed by atoms with van der Waals surface area (Å²) >= 11 is 5.81. The van der Waals surface area contributed by atoms with Crippen LogP contribution in [-0.2, 0) is 4.74 Å². The number of hydrogen-bond donors (Lipinski definition) is 3. The van der Waals surface area contributed by atoms with Crippen LogP contribution in [0.25, 0.3) is 16.5 Å². The van der Waals surface area contributed by atoms with Crippen LogP contribution in [0.15, 0.2) is 102 Å². The molecule has 4 aromatic carbocycles. The van der Waals surface area contributed by atoms with Gasteiger partial charge in [-0.25, -0.2) is 19.3 Å². The van der Waals surface area contributed by atoms with Gasteiger partial charge in [0.2, 0.25) is 11.8 Å². The van der Waals surface area contributed by atoms with E-state index in [9.17, 15) is 9.59 Å². The van der Waals surface area contributed by atoms with Crippen LogP contribution in [0.1, 0.15) is 39.7 Å². The van der Waals surface area contributed by atoms with E-state index in [1.807, 2.05) is 54.6 Å². The van der Waals surface area contributed by atoms with Gasteiger partial charge in [0.25, 0.3) is 0 Å². The number of rotatable bonds is 12. The molecule has 0 bridgehead atoms. The second kappa shape index (κ2) is 16.2. The largest absolute Gasteiger partial charge is 0.497 e. The zero-order valence-corrected chi connectivity index (χ0v) is 31.6. The lowest BCUT2D eigenvalue weighted by atomic mass is 10.1. The quantitative estimate of drug-likeness (QED) is 0.0623. The lowest BCUT2D eigenvalue weighted by molar-refractivity contribution is 0.0600. The maximum absolute atomic E-state index is 13.5. The van der Waals surface area contributed by atoms with Crippen molar-refractivity contribution in [2.45, 2.75) is 23.7 Å². The van der Waals surface area contributed by atoms with Crippen molar-refractivity contribution in [3.05, 3.63) is 113 Å². The van der Waals surface area contributed by atoms with Gasteiger partial charge in [-0.3, -0.25) is 5.32 Å². The van der Waals surface area contributed by atoms with Gasteiger partial charge in [-0.15, -0.1) is 0 Å². The Morgan fingerprint density at radius 1 is 0.941 bits per heavy atom. The third-order valence-electron chi connectivity index (χ3n) is 7.70. The van der Waals surface area contributed by atoms with Crippen molar-refractivity contribution >= 4 is 84.4 Å². The predicted molar refractivity (Wildman–Crippen MR) is 209 cm³/mol. The first-order chi connectivity index (χ1) is 24.7. The fourth-order valence-corrected chi connectivity index (χ4v) is 6.72. The Hall–Kier alpha value is -5.22. The Morgan fingerprint density at radius 3 is 2.47 bits per heavy atom. The van der Waals surface area contributed by atoms with Crippen molar-refractivity contribution in [2.24, 2.45) is 0 Å². The minimum Gasteiger partial charge on any atom is -0.497 e. The van der Waals surface area contributed by atoms with E-state index in [0.29, 0.717) is 38.9 Å². The van der Waals surface area contributed by atoms with Gasteiger partial charge in [-0.2, -0.15) is 10.1 Å². The first kappa shape index (κ1) is 35.6. The molecule has 6 aromatic rings. The highest BCUT2D eigenvalue weighted by molar-refractivity contribution is 14.1. The summed E-state index contributed by atoms with van der Waals surface area (Å²) in [5.74, 6) is 1.88. The maximum atomic E-state index is 13.5. The number of aromatic nitrogens is 4. The molecule has 0 aliphatic carbocycles. The van der Waals surface area contributed by atoms with Gasteiger partial charge >= 0.3 is 12.0 Å². The highest BCUT2D eigenvalue weighted by Crippen LogP contribution is 2.35. The average molecular weight is 863 g/mol. The first-order valence-corrected chi connectivity index (χ1v) is 17.9. The number of nitrogens with one attached hydrogen (secondary N) is 3. The molecule has 1 atom stereocenters. The molecule has 0 saturated carbocycles. The minimum atomic E-state index is -0.467. The van der Waals surface area contributed by atoms with E-state index in [1.165, 1.54) is 7.11 Å². The second-order valence-corrected chi connectivity index (χ2v) is 13.6. The molecule has 1 unspecified atom stereocenters. The molecule has 51 heavy (non-hydrogen) atoms. The zero-order chi connectivity index (χ0) is 35.9. The van der Waals surface area contributed by atoms with Crippen LogP contribution in [-0.4, -0.2) is 46.0 Å². The molecule has 2 heterocycles. The number of amides is 2. The predicted octanol–water partition coefficient (Wildman–Crippen LogP) is 9.83. The molecule has 260 valence electrons. The SMILES string of the molecule is CCCC(I)c1cc(NC(=O)Nc2ccc(Oc3ccnc(Nc4cc(Br)cc(C(=O)OC)c4)n3)c3ccccc23)n(-c2ccc(OC)cc2)n1. The van der Waals surface area contributed by atoms with Crippen LogP contribution in [0.3, 0.4) is 0 Å². The van der Waals surface area contributed by atoms with E-state index >= 15 is 0 Å². The van der Waals surface area contributed by atoms with E-state index in [0.717, 1.165) is 40.7 Å². The van der Waals surface area contributed by atoms with Crippen LogP contribution >= 0.6 is 38.5 Å². The summed E-state index contributed by atoms with van der Waals surface area (Å²) in [5, 5.41) is 15.5. The summed E-state index contributed by atoms with van der Waals surface area (Å²) in [6.07, 6.45) is 3.54. The fourth-order valence-electron chi connectivity index (χ4n) is 5.30. The van der Waals surface area contributed by atoms with Crippen LogP contribution < -0.4 is 25.4 Å². The number of halogens is 2. The molecule has 0 saturated heterocycles. The van der Waals surface area contributed by atoms with Crippen molar-refractivity contribution in [3.63, 3.8) is 0 Å². The topological polar surface area (TPSA) is 142 Å². The van der Waals surface area contributed by atoms with Gasteiger partial charge in [0.15, 0.2) is 0 Å². The van der Waals surface area contributed by atoms with Gasteiger partial charge in [-0.05, 0) is 61.0 Å². The summed E-state index contributed by atoms with van der Waals surface area (Å²) in [5.41, 5.74) is 3.20. The van der Waals surface area contributed by atoms with E-state index in [1.54, 1.807) is 54.4 Å². The number of nitrogens with zero attached hydrogens (tertiary/aromatic N) is 4. The molecule has 3 N–H and O–H groups in total. The lowest BCUT2D eigenvalue weighted by Crippen LogP contribution is -2.21. The number of hydrogen-bond acceptors (Lipinski definition) is 9. The minimum absolute atomic E-state index is 0.189. The first-order valence-electron chi connectivity index (χ1n) is 15.9. The van der Waals surface area contributed by atoms with Crippen LogP contribution in [0.4, 0.5) is 27.9 Å². The molecule has 0 fully saturated rings. The van der Waals surface area contributed by atoms with E-state index in [-0.39, 0.29) is 9.87 Å². The van der Waals surface area contributed by atoms with Crippen molar-refractivity contribution in [3.8, 4) is 23.1 Å². The number of carbonyl (C=O) groups excluding carboxylic acids is 2. The molecule has 2 amide bonds. The van der Waals surface area contributed by atoms with E-state index < -0.39 is 12.0 Å². The Morgan fingerprint density at radius 2 is 1.73 bits per heavy atom. The number of esters is 1. The molecule has 0 spiro atoms. The number of carbonyl (C=O) groups is 2. The van der Waals surface area contributed by atoms with Gasteiger partial charge in [0.05, 0.1) is 40.8 Å². The van der Waals surface area contributed by atoms with E-state index in [4.69, 9.17) is 19.3 Å². The summed E-state index contributed by atoms with van der Waals surface area (Å²) in [7, 11) is 2.94. The van der Waals surface area contributed by atoms with Gasteiger partial charge < -0.3 is 24.8 Å². The smallest absolute Gasteiger partial charge is 0.337 e. The normalized spacial score (nSPS) is 11.5. The van der Waals surface area contributed by atoms with Crippen LogP contribution in [0.2, 0.25) is 0 Å². The highest BCUT2D eigenvalue weighted by atomic mass is 127. The number of methoxy groups -OCH3 is 2. The fraction of sp³-hybridized carbons (Fsp3) is 0.162. The number of anilines is 4. The van der Waals surface area contributed by atoms with Crippen LogP contribution in [0, 0.1) is 0 Å². The second-order valence-electron chi connectivity index (χ2n) is 11.2. The number of fused-ring (bicyclic) bond motifs is 1. The number of alkyl halides is 1. The summed E-state index contributed by atoms with van der Waals surface area (Å²) in [6, 6.07) is 26.9. The molecular formula is C37H33BrIN7O5. The Balaban J connectivity index is 1.22. The number of urea groups is 1. The standard InChI is InChI=1S/C37H33BrIN7O5/c1-4-7-29(39)31-21-33(46(45-31)25-10-12-26(49-2)13-11-25)43-37(48)42-30-14-15-32(28-9-6-5-8-27(28)30)51-34-16-17-40-36(44-34)41-24-19-22(35(47)50-3)18-23(38)20-24/h5-6,8-21,29H,4,7H2,1-3H3,(H,40,41,44)(H2,42,43,48). The third kappa shape index (κ3) is 8.57. The Labute approximate surface area is 316 Å². The lowest BCUT2D eigenvalue weighted by Gasteiger charge is -2.14. The molecule has 0 aliphatic heterocycles. The van der Waals surface area contributed by atoms with Gasteiger partial charge in [0, 0.05) is 39.3 Å². The van der Waals surface area contributed by atoms with Gasteiger partial charge in [-0.1, -0.05) is 76.1 Å². The highest BCUT2D eigenvalue weighted by Gasteiger charge is 2.19. The molecular weight excluding hydrogens is 829 g/mol. The molecule has 12 nitrogen and oxygen atoms in total.